The topological polar surface area (TPSA) is 73.9 Å². The summed E-state index contributed by atoms with van der Waals surface area (Å²) in [5.41, 5.74) is 0.728. The lowest BCUT2D eigenvalue weighted by Crippen LogP contribution is -2.29. The van der Waals surface area contributed by atoms with Crippen molar-refractivity contribution in [2.75, 3.05) is 27.4 Å². The van der Waals surface area contributed by atoms with Crippen molar-refractivity contribution in [3.05, 3.63) is 23.8 Å². The molecule has 1 aromatic rings. The second-order valence-corrected chi connectivity index (χ2v) is 4.38. The van der Waals surface area contributed by atoms with E-state index in [1.54, 1.807) is 25.3 Å². The molecule has 1 rings (SSSR count). The molecule has 0 radical (unpaired) electrons. The van der Waals surface area contributed by atoms with Crippen LogP contribution in [0, 0.1) is 0 Å². The second-order valence-electron chi connectivity index (χ2n) is 4.38. The van der Waals surface area contributed by atoms with Crippen LogP contribution in [-0.2, 0) is 20.7 Å². The summed E-state index contributed by atoms with van der Waals surface area (Å²) in [6.07, 6.45) is 0.909. The molecule has 0 fully saturated rings. The lowest BCUT2D eigenvalue weighted by atomic mass is 10.1. The van der Waals surface area contributed by atoms with Gasteiger partial charge in [0, 0.05) is 6.54 Å². The Bertz CT molecular complexity index is 487. The average Bonchev–Trinajstić information content (AvgIpc) is 2.50. The van der Waals surface area contributed by atoms with Crippen molar-refractivity contribution >= 4 is 11.9 Å². The Hall–Kier alpha value is -2.24. The maximum Gasteiger partial charge on any atom is 0.310 e. The zero-order valence-corrected chi connectivity index (χ0v) is 12.6. The largest absolute Gasteiger partial charge is 0.493 e. The Morgan fingerprint density at radius 2 is 1.86 bits per heavy atom. The van der Waals surface area contributed by atoms with Crippen LogP contribution in [0.25, 0.3) is 0 Å². The molecule has 1 aromatic carbocycles. The smallest absolute Gasteiger partial charge is 0.310 e. The van der Waals surface area contributed by atoms with Gasteiger partial charge >= 0.3 is 5.97 Å². The zero-order valence-electron chi connectivity index (χ0n) is 12.6. The molecular weight excluding hydrogens is 274 g/mol. The molecule has 0 aromatic heterocycles. The van der Waals surface area contributed by atoms with Gasteiger partial charge in [-0.1, -0.05) is 13.0 Å². The molecule has 0 saturated heterocycles. The summed E-state index contributed by atoms with van der Waals surface area (Å²) in [6, 6.07) is 5.17. The number of rotatable bonds is 8. The molecule has 6 heteroatoms. The summed E-state index contributed by atoms with van der Waals surface area (Å²) in [5, 5.41) is 2.63. The summed E-state index contributed by atoms with van der Waals surface area (Å²) < 4.78 is 15.2. The molecule has 0 bridgehead atoms. The summed E-state index contributed by atoms with van der Waals surface area (Å²) in [4.78, 5) is 23.0. The number of amides is 1. The number of benzene rings is 1. The van der Waals surface area contributed by atoms with Gasteiger partial charge in [-0.15, -0.1) is 0 Å². The maximum absolute atomic E-state index is 11.7. The monoisotopic (exact) mass is 295 g/mol. The van der Waals surface area contributed by atoms with Crippen molar-refractivity contribution < 1.29 is 23.8 Å². The number of nitrogens with one attached hydrogen (secondary N) is 1. The Morgan fingerprint density at radius 3 is 2.48 bits per heavy atom. The van der Waals surface area contributed by atoms with E-state index in [1.807, 2.05) is 6.92 Å². The highest BCUT2D eigenvalue weighted by Gasteiger charge is 2.10. The molecule has 21 heavy (non-hydrogen) atoms. The highest BCUT2D eigenvalue weighted by Crippen LogP contribution is 2.27. The van der Waals surface area contributed by atoms with Gasteiger partial charge < -0.3 is 19.5 Å². The van der Waals surface area contributed by atoms with Crippen molar-refractivity contribution in [1.82, 2.24) is 5.32 Å². The fourth-order valence-electron chi connectivity index (χ4n) is 1.67. The lowest BCUT2D eigenvalue weighted by molar-refractivity contribution is -0.147. The molecule has 0 aliphatic heterocycles. The van der Waals surface area contributed by atoms with Crippen LogP contribution in [0.15, 0.2) is 18.2 Å². The van der Waals surface area contributed by atoms with Gasteiger partial charge in [0.1, 0.15) is 0 Å². The molecule has 0 unspecified atom stereocenters. The molecule has 0 aliphatic carbocycles. The quantitative estimate of drug-likeness (QED) is 0.732. The molecular formula is C15H21NO5. The SMILES string of the molecule is CCCNC(=O)COC(=O)Cc1ccc(OC)c(OC)c1. The number of hydrogen-bond acceptors (Lipinski definition) is 5. The van der Waals surface area contributed by atoms with E-state index in [-0.39, 0.29) is 18.9 Å². The van der Waals surface area contributed by atoms with Crippen LogP contribution in [0.1, 0.15) is 18.9 Å². The molecule has 0 aliphatic rings. The number of methoxy groups -OCH3 is 2. The van der Waals surface area contributed by atoms with Gasteiger partial charge in [0.2, 0.25) is 0 Å². The van der Waals surface area contributed by atoms with Crippen LogP contribution in [0.5, 0.6) is 11.5 Å². The first-order valence-corrected chi connectivity index (χ1v) is 6.74. The first kappa shape index (κ1) is 16.8. The summed E-state index contributed by atoms with van der Waals surface area (Å²) in [6.45, 7) is 2.27. The van der Waals surface area contributed by atoms with Gasteiger partial charge in [0.15, 0.2) is 18.1 Å². The van der Waals surface area contributed by atoms with Crippen LogP contribution in [0.4, 0.5) is 0 Å². The summed E-state index contributed by atoms with van der Waals surface area (Å²) >= 11 is 0. The van der Waals surface area contributed by atoms with Crippen molar-refractivity contribution in [3.8, 4) is 11.5 Å². The van der Waals surface area contributed by atoms with E-state index < -0.39 is 5.97 Å². The van der Waals surface area contributed by atoms with E-state index in [0.29, 0.717) is 18.0 Å². The Kier molecular flexibility index (Phi) is 7.08. The van der Waals surface area contributed by atoms with Crippen LogP contribution in [0.2, 0.25) is 0 Å². The van der Waals surface area contributed by atoms with Crippen LogP contribution in [0.3, 0.4) is 0 Å². The predicted molar refractivity (Wildman–Crippen MR) is 77.5 cm³/mol. The van der Waals surface area contributed by atoms with Crippen LogP contribution >= 0.6 is 0 Å². The summed E-state index contributed by atoms with van der Waals surface area (Å²) in [7, 11) is 3.07. The van der Waals surface area contributed by atoms with Crippen molar-refractivity contribution in [2.45, 2.75) is 19.8 Å². The number of esters is 1. The standard InChI is InChI=1S/C15H21NO5/c1-4-7-16-14(17)10-21-15(18)9-11-5-6-12(19-2)13(8-11)20-3/h5-6,8H,4,7,9-10H2,1-3H3,(H,16,17). The van der Waals surface area contributed by atoms with Crippen LogP contribution in [-0.4, -0.2) is 39.2 Å². The summed E-state index contributed by atoms with van der Waals surface area (Å²) in [5.74, 6) is 0.378. The van der Waals surface area contributed by atoms with E-state index in [9.17, 15) is 9.59 Å². The van der Waals surface area contributed by atoms with Crippen LogP contribution < -0.4 is 14.8 Å². The minimum atomic E-state index is -0.464. The number of carbonyl (C=O) groups is 2. The molecule has 0 heterocycles. The lowest BCUT2D eigenvalue weighted by Gasteiger charge is -2.09. The molecule has 0 spiro atoms. The van der Waals surface area contributed by atoms with Crippen molar-refractivity contribution in [2.24, 2.45) is 0 Å². The van der Waals surface area contributed by atoms with Gasteiger partial charge in [-0.05, 0) is 24.1 Å². The third kappa shape index (κ3) is 5.72. The van der Waals surface area contributed by atoms with E-state index in [0.717, 1.165) is 12.0 Å². The number of carbonyl (C=O) groups excluding carboxylic acids is 2. The molecule has 1 N–H and O–H groups in total. The Balaban J connectivity index is 2.49. The van der Waals surface area contributed by atoms with Crippen molar-refractivity contribution in [3.63, 3.8) is 0 Å². The fourth-order valence-corrected chi connectivity index (χ4v) is 1.67. The number of ether oxygens (including phenoxy) is 3. The van der Waals surface area contributed by atoms with Gasteiger partial charge in [0.25, 0.3) is 5.91 Å². The third-order valence-electron chi connectivity index (χ3n) is 2.73. The highest BCUT2D eigenvalue weighted by molar-refractivity contribution is 5.81. The van der Waals surface area contributed by atoms with E-state index in [2.05, 4.69) is 5.32 Å². The van der Waals surface area contributed by atoms with E-state index >= 15 is 0 Å². The van der Waals surface area contributed by atoms with Gasteiger partial charge in [-0.3, -0.25) is 9.59 Å². The number of hydrogen-bond donors (Lipinski definition) is 1. The molecule has 0 atom stereocenters. The van der Waals surface area contributed by atoms with E-state index in [4.69, 9.17) is 14.2 Å². The first-order chi connectivity index (χ1) is 10.1. The predicted octanol–water partition coefficient (Wildman–Crippen LogP) is 1.32. The molecule has 6 nitrogen and oxygen atoms in total. The highest BCUT2D eigenvalue weighted by atomic mass is 16.5. The Labute approximate surface area is 124 Å². The van der Waals surface area contributed by atoms with E-state index in [1.165, 1.54) is 7.11 Å². The van der Waals surface area contributed by atoms with Gasteiger partial charge in [-0.2, -0.15) is 0 Å². The van der Waals surface area contributed by atoms with Gasteiger partial charge in [-0.25, -0.2) is 0 Å². The van der Waals surface area contributed by atoms with Crippen molar-refractivity contribution in [1.29, 1.82) is 0 Å². The third-order valence-corrected chi connectivity index (χ3v) is 2.73. The normalized spacial score (nSPS) is 9.86. The molecule has 116 valence electrons. The minimum Gasteiger partial charge on any atom is -0.493 e. The minimum absolute atomic E-state index is 0.0708. The molecule has 1 amide bonds. The zero-order chi connectivity index (χ0) is 15.7. The fraction of sp³-hybridized carbons (Fsp3) is 0.467. The maximum atomic E-state index is 11.7. The van der Waals surface area contributed by atoms with Gasteiger partial charge in [0.05, 0.1) is 20.6 Å². The first-order valence-electron chi connectivity index (χ1n) is 6.74. The average molecular weight is 295 g/mol. The Morgan fingerprint density at radius 1 is 1.14 bits per heavy atom. The second kappa shape index (κ2) is 8.84. The molecule has 0 saturated carbocycles.